The molecule has 0 aliphatic rings. The third-order valence-electron chi connectivity index (χ3n) is 2.19. The molecule has 1 heterocycles. The molecule has 0 fully saturated rings. The molecule has 0 amide bonds. The van der Waals surface area contributed by atoms with Crippen LogP contribution in [0.5, 0.6) is 0 Å². The van der Waals surface area contributed by atoms with Crippen molar-refractivity contribution in [2.75, 3.05) is 57.2 Å². The number of hydrogen-bond acceptors (Lipinski definition) is 6. The molecular weight excluding hydrogens is 218 g/mol. The predicted molar refractivity (Wildman–Crippen MR) is 70.9 cm³/mol. The van der Waals surface area contributed by atoms with Crippen LogP contribution in [0.4, 0.5) is 17.3 Å². The van der Waals surface area contributed by atoms with Gasteiger partial charge in [-0.05, 0) is 26.2 Å². The van der Waals surface area contributed by atoms with Crippen molar-refractivity contribution in [2.24, 2.45) is 0 Å². The van der Waals surface area contributed by atoms with Crippen LogP contribution < -0.4 is 16.8 Å². The Hall–Kier alpha value is -1.53. The van der Waals surface area contributed by atoms with E-state index in [1.165, 1.54) is 0 Å². The molecule has 96 valence electrons. The van der Waals surface area contributed by atoms with Gasteiger partial charge in [-0.1, -0.05) is 0 Å². The van der Waals surface area contributed by atoms with Gasteiger partial charge in [-0.15, -0.1) is 0 Å². The number of anilines is 3. The summed E-state index contributed by atoms with van der Waals surface area (Å²) >= 11 is 0. The number of likely N-dealkylation sites (N-methyl/N-ethyl adjacent to an activating group) is 1. The van der Waals surface area contributed by atoms with E-state index in [1.807, 2.05) is 14.1 Å². The maximum Gasteiger partial charge on any atom is 0.149 e. The molecule has 0 saturated carbocycles. The fourth-order valence-corrected chi connectivity index (χ4v) is 1.18. The molecule has 6 heteroatoms. The van der Waals surface area contributed by atoms with Gasteiger partial charge in [0.2, 0.25) is 0 Å². The van der Waals surface area contributed by atoms with E-state index in [4.69, 9.17) is 16.2 Å². The van der Waals surface area contributed by atoms with Gasteiger partial charge < -0.3 is 26.4 Å². The smallest absolute Gasteiger partial charge is 0.149 e. The number of hydrogen-bond donors (Lipinski definition) is 3. The number of nitrogens with two attached hydrogens (primary N) is 2. The third-order valence-corrected chi connectivity index (χ3v) is 2.19. The Morgan fingerprint density at radius 1 is 1.29 bits per heavy atom. The fourth-order valence-electron chi connectivity index (χ4n) is 1.18. The molecule has 1 aromatic rings. The van der Waals surface area contributed by atoms with Crippen LogP contribution in [0.25, 0.3) is 0 Å². The average Bonchev–Trinajstić information content (AvgIpc) is 2.27. The van der Waals surface area contributed by atoms with E-state index in [9.17, 15) is 0 Å². The van der Waals surface area contributed by atoms with Crippen molar-refractivity contribution in [1.82, 2.24) is 9.88 Å². The first-order valence-corrected chi connectivity index (χ1v) is 5.58. The molecule has 6 nitrogen and oxygen atoms in total. The number of nitrogens with zero attached hydrogens (tertiary/aromatic N) is 2. The monoisotopic (exact) mass is 239 g/mol. The minimum atomic E-state index is 0.350. The number of nitrogen functional groups attached to an aromatic ring is 2. The molecule has 0 aliphatic carbocycles. The van der Waals surface area contributed by atoms with Crippen molar-refractivity contribution in [3.8, 4) is 0 Å². The summed E-state index contributed by atoms with van der Waals surface area (Å²) in [6.07, 6.45) is 0. The SMILES string of the molecule is CN(C)CCOCCNc1ccc(N)c(N)n1. The van der Waals surface area contributed by atoms with E-state index < -0.39 is 0 Å². The van der Waals surface area contributed by atoms with Gasteiger partial charge in [0, 0.05) is 13.1 Å². The van der Waals surface area contributed by atoms with Crippen LogP contribution in [-0.2, 0) is 4.74 Å². The highest BCUT2D eigenvalue weighted by atomic mass is 16.5. The number of aromatic nitrogens is 1. The summed E-state index contributed by atoms with van der Waals surface area (Å²) in [6, 6.07) is 3.53. The zero-order chi connectivity index (χ0) is 12.7. The first kappa shape index (κ1) is 13.5. The van der Waals surface area contributed by atoms with Crippen molar-refractivity contribution < 1.29 is 4.74 Å². The summed E-state index contributed by atoms with van der Waals surface area (Å²) in [5.74, 6) is 1.07. The van der Waals surface area contributed by atoms with E-state index in [0.29, 0.717) is 30.5 Å². The maximum absolute atomic E-state index is 5.59. The molecule has 1 aromatic heterocycles. The number of pyridine rings is 1. The van der Waals surface area contributed by atoms with E-state index in [0.717, 1.165) is 13.2 Å². The molecule has 0 spiro atoms. The third kappa shape index (κ3) is 5.37. The van der Waals surface area contributed by atoms with Crippen LogP contribution in [0.1, 0.15) is 0 Å². The lowest BCUT2D eigenvalue weighted by Gasteiger charge is -2.10. The van der Waals surface area contributed by atoms with Crippen LogP contribution in [0, 0.1) is 0 Å². The zero-order valence-electron chi connectivity index (χ0n) is 10.4. The van der Waals surface area contributed by atoms with E-state index >= 15 is 0 Å². The van der Waals surface area contributed by atoms with E-state index in [-0.39, 0.29) is 0 Å². The Morgan fingerprint density at radius 2 is 2.06 bits per heavy atom. The van der Waals surface area contributed by atoms with Crippen LogP contribution >= 0.6 is 0 Å². The lowest BCUT2D eigenvalue weighted by molar-refractivity contribution is 0.126. The molecule has 0 aliphatic heterocycles. The molecule has 0 saturated heterocycles. The predicted octanol–water partition coefficient (Wildman–Crippen LogP) is 0.236. The Morgan fingerprint density at radius 3 is 2.71 bits per heavy atom. The first-order valence-electron chi connectivity index (χ1n) is 5.58. The lowest BCUT2D eigenvalue weighted by Crippen LogP contribution is -2.20. The van der Waals surface area contributed by atoms with Crippen molar-refractivity contribution in [3.63, 3.8) is 0 Å². The summed E-state index contributed by atoms with van der Waals surface area (Å²) in [4.78, 5) is 6.18. The minimum Gasteiger partial charge on any atom is -0.396 e. The number of ether oxygens (including phenoxy) is 1. The van der Waals surface area contributed by atoms with Crippen LogP contribution in [0.15, 0.2) is 12.1 Å². The fraction of sp³-hybridized carbons (Fsp3) is 0.545. The molecule has 1 rings (SSSR count). The zero-order valence-corrected chi connectivity index (χ0v) is 10.4. The Labute approximate surface area is 102 Å². The standard InChI is InChI=1S/C11H21N5O/c1-16(2)6-8-17-7-5-14-10-4-3-9(12)11(13)15-10/h3-4H,5-8,12H2,1-2H3,(H3,13,14,15). The Kier molecular flexibility index (Phi) is 5.51. The van der Waals surface area contributed by atoms with Crippen molar-refractivity contribution in [3.05, 3.63) is 12.1 Å². The molecule has 0 radical (unpaired) electrons. The van der Waals surface area contributed by atoms with Gasteiger partial charge in [0.15, 0.2) is 0 Å². The topological polar surface area (TPSA) is 89.4 Å². The van der Waals surface area contributed by atoms with Gasteiger partial charge in [-0.2, -0.15) is 0 Å². The summed E-state index contributed by atoms with van der Waals surface area (Å²) in [5, 5.41) is 3.12. The van der Waals surface area contributed by atoms with E-state index in [2.05, 4.69) is 15.2 Å². The molecule has 0 bridgehead atoms. The van der Waals surface area contributed by atoms with Gasteiger partial charge in [-0.3, -0.25) is 0 Å². The molecule has 5 N–H and O–H groups in total. The van der Waals surface area contributed by atoms with Crippen molar-refractivity contribution in [1.29, 1.82) is 0 Å². The van der Waals surface area contributed by atoms with E-state index in [1.54, 1.807) is 12.1 Å². The second-order valence-electron chi connectivity index (χ2n) is 4.01. The first-order chi connectivity index (χ1) is 8.09. The summed E-state index contributed by atoms with van der Waals surface area (Å²) in [7, 11) is 4.03. The van der Waals surface area contributed by atoms with Gasteiger partial charge in [0.05, 0.1) is 18.9 Å². The highest BCUT2D eigenvalue weighted by molar-refractivity contribution is 5.61. The minimum absolute atomic E-state index is 0.350. The molecule has 17 heavy (non-hydrogen) atoms. The largest absolute Gasteiger partial charge is 0.396 e. The Bertz CT molecular complexity index is 343. The van der Waals surface area contributed by atoms with Crippen LogP contribution in [-0.4, -0.2) is 50.3 Å². The van der Waals surface area contributed by atoms with Crippen LogP contribution in [0.3, 0.4) is 0 Å². The summed E-state index contributed by atoms with van der Waals surface area (Å²) in [6.45, 7) is 2.99. The Balaban J connectivity index is 2.16. The van der Waals surface area contributed by atoms with Crippen molar-refractivity contribution in [2.45, 2.75) is 0 Å². The summed E-state index contributed by atoms with van der Waals surface area (Å²) in [5.41, 5.74) is 11.7. The molecular formula is C11H21N5O. The number of rotatable bonds is 7. The highest BCUT2D eigenvalue weighted by Gasteiger charge is 1.98. The second kappa shape index (κ2) is 6.93. The van der Waals surface area contributed by atoms with Crippen LogP contribution in [0.2, 0.25) is 0 Å². The molecule has 0 aromatic carbocycles. The normalized spacial score (nSPS) is 10.8. The second-order valence-corrected chi connectivity index (χ2v) is 4.01. The average molecular weight is 239 g/mol. The van der Waals surface area contributed by atoms with Gasteiger partial charge in [0.25, 0.3) is 0 Å². The lowest BCUT2D eigenvalue weighted by atomic mass is 10.4. The quantitative estimate of drug-likeness (QED) is 0.590. The van der Waals surface area contributed by atoms with Gasteiger partial charge in [-0.25, -0.2) is 4.98 Å². The van der Waals surface area contributed by atoms with Crippen molar-refractivity contribution >= 4 is 17.3 Å². The molecule has 0 unspecified atom stereocenters. The maximum atomic E-state index is 5.59. The highest BCUT2D eigenvalue weighted by Crippen LogP contribution is 2.13. The molecule has 0 atom stereocenters. The summed E-state index contributed by atoms with van der Waals surface area (Å²) < 4.78 is 5.43. The van der Waals surface area contributed by atoms with Gasteiger partial charge in [0.1, 0.15) is 11.6 Å². The number of nitrogens with one attached hydrogen (secondary N) is 1. The van der Waals surface area contributed by atoms with Gasteiger partial charge >= 0.3 is 0 Å².